The Hall–Kier alpha value is -1.20. The SMILES string of the molecule is Cc1ncsc1C(=O)NC1(c2cccc(Br)c2)CCC1. The lowest BCUT2D eigenvalue weighted by Gasteiger charge is -2.43. The van der Waals surface area contributed by atoms with Gasteiger partial charge in [0.2, 0.25) is 0 Å². The highest BCUT2D eigenvalue weighted by molar-refractivity contribution is 9.10. The number of hydrogen-bond acceptors (Lipinski definition) is 3. The van der Waals surface area contributed by atoms with Crippen molar-refractivity contribution in [2.24, 2.45) is 0 Å². The predicted octanol–water partition coefficient (Wildman–Crippen LogP) is 4.02. The molecule has 1 heterocycles. The molecule has 0 radical (unpaired) electrons. The van der Waals surface area contributed by atoms with Crippen LogP contribution < -0.4 is 5.32 Å². The summed E-state index contributed by atoms with van der Waals surface area (Å²) in [6.07, 6.45) is 3.13. The molecule has 0 saturated heterocycles. The molecule has 1 fully saturated rings. The lowest BCUT2D eigenvalue weighted by Crippen LogP contribution is -2.50. The van der Waals surface area contributed by atoms with E-state index in [9.17, 15) is 4.79 Å². The smallest absolute Gasteiger partial charge is 0.263 e. The Morgan fingerprint density at radius 1 is 1.45 bits per heavy atom. The first-order valence-electron chi connectivity index (χ1n) is 6.59. The zero-order chi connectivity index (χ0) is 14.2. The zero-order valence-corrected chi connectivity index (χ0v) is 13.6. The fourth-order valence-corrected chi connectivity index (χ4v) is 3.69. The van der Waals surface area contributed by atoms with E-state index in [0.29, 0.717) is 4.88 Å². The molecule has 0 aliphatic heterocycles. The number of amides is 1. The van der Waals surface area contributed by atoms with Gasteiger partial charge in [-0.1, -0.05) is 28.1 Å². The Balaban J connectivity index is 1.87. The van der Waals surface area contributed by atoms with Crippen LogP contribution in [0.2, 0.25) is 0 Å². The Morgan fingerprint density at radius 3 is 2.80 bits per heavy atom. The zero-order valence-electron chi connectivity index (χ0n) is 11.1. The fraction of sp³-hybridized carbons (Fsp3) is 0.333. The summed E-state index contributed by atoms with van der Waals surface area (Å²) in [7, 11) is 0. The van der Waals surface area contributed by atoms with Gasteiger partial charge in [0.1, 0.15) is 4.88 Å². The maximum Gasteiger partial charge on any atom is 0.263 e. The van der Waals surface area contributed by atoms with Crippen LogP contribution in [0.25, 0.3) is 0 Å². The molecule has 3 rings (SSSR count). The molecule has 104 valence electrons. The van der Waals surface area contributed by atoms with Gasteiger partial charge in [-0.15, -0.1) is 11.3 Å². The van der Waals surface area contributed by atoms with Gasteiger partial charge < -0.3 is 5.32 Å². The van der Waals surface area contributed by atoms with Crippen LogP contribution in [0.1, 0.15) is 40.2 Å². The summed E-state index contributed by atoms with van der Waals surface area (Å²) in [5.74, 6) is -0.00956. The minimum atomic E-state index is -0.211. The average molecular weight is 351 g/mol. The van der Waals surface area contributed by atoms with Gasteiger partial charge in [0.25, 0.3) is 5.91 Å². The van der Waals surface area contributed by atoms with Crippen LogP contribution in [0.15, 0.2) is 34.2 Å². The second-order valence-electron chi connectivity index (χ2n) is 5.17. The highest BCUT2D eigenvalue weighted by Gasteiger charge is 2.40. The van der Waals surface area contributed by atoms with Gasteiger partial charge in [-0.2, -0.15) is 0 Å². The summed E-state index contributed by atoms with van der Waals surface area (Å²) in [5.41, 5.74) is 3.48. The van der Waals surface area contributed by atoms with Crippen molar-refractivity contribution >= 4 is 33.2 Å². The van der Waals surface area contributed by atoms with Gasteiger partial charge in [0.15, 0.2) is 0 Å². The first-order valence-corrected chi connectivity index (χ1v) is 8.27. The number of rotatable bonds is 3. The van der Waals surface area contributed by atoms with E-state index in [1.165, 1.54) is 16.9 Å². The first kappa shape index (κ1) is 13.8. The fourth-order valence-electron chi connectivity index (χ4n) is 2.60. The van der Waals surface area contributed by atoms with Crippen molar-refractivity contribution in [3.8, 4) is 0 Å². The van der Waals surface area contributed by atoms with Crippen LogP contribution in [0, 0.1) is 6.92 Å². The molecule has 1 aromatic heterocycles. The molecule has 1 saturated carbocycles. The maximum absolute atomic E-state index is 12.4. The lowest BCUT2D eigenvalue weighted by atomic mass is 9.71. The number of halogens is 1. The van der Waals surface area contributed by atoms with Gasteiger partial charge in [-0.05, 0) is 43.9 Å². The van der Waals surface area contributed by atoms with E-state index in [1.54, 1.807) is 5.51 Å². The molecule has 1 amide bonds. The Bertz CT molecular complexity index is 649. The van der Waals surface area contributed by atoms with E-state index < -0.39 is 0 Å². The number of hydrogen-bond donors (Lipinski definition) is 1. The second-order valence-corrected chi connectivity index (χ2v) is 6.94. The summed E-state index contributed by atoms with van der Waals surface area (Å²) in [6, 6.07) is 8.21. The van der Waals surface area contributed by atoms with E-state index in [1.807, 2.05) is 19.1 Å². The predicted molar refractivity (Wildman–Crippen MR) is 84.0 cm³/mol. The minimum absolute atomic E-state index is 0.00956. The van der Waals surface area contributed by atoms with Crippen LogP contribution >= 0.6 is 27.3 Å². The Kier molecular flexibility index (Phi) is 3.65. The standard InChI is InChI=1S/C15H15BrN2OS/c1-10-13(20-9-17-10)14(19)18-15(6-3-7-15)11-4-2-5-12(16)8-11/h2,4-5,8-9H,3,6-7H2,1H3,(H,18,19). The molecule has 3 nitrogen and oxygen atoms in total. The summed E-state index contributed by atoms with van der Waals surface area (Å²) in [5, 5.41) is 3.23. The first-order chi connectivity index (χ1) is 9.61. The second kappa shape index (κ2) is 5.30. The molecule has 20 heavy (non-hydrogen) atoms. The van der Waals surface area contributed by atoms with E-state index in [4.69, 9.17) is 0 Å². The highest BCUT2D eigenvalue weighted by Crippen LogP contribution is 2.42. The molecule has 0 spiro atoms. The molecule has 0 unspecified atom stereocenters. The maximum atomic E-state index is 12.4. The Labute approximate surface area is 130 Å². The van der Waals surface area contributed by atoms with Crippen molar-refractivity contribution in [1.82, 2.24) is 10.3 Å². The monoisotopic (exact) mass is 350 g/mol. The number of nitrogens with one attached hydrogen (secondary N) is 1. The van der Waals surface area contributed by atoms with Crippen LogP contribution in [0.5, 0.6) is 0 Å². The number of aromatic nitrogens is 1. The van der Waals surface area contributed by atoms with Crippen molar-refractivity contribution in [3.63, 3.8) is 0 Å². The van der Waals surface area contributed by atoms with Crippen LogP contribution in [0.3, 0.4) is 0 Å². The largest absolute Gasteiger partial charge is 0.342 e. The number of aryl methyl sites for hydroxylation is 1. The van der Waals surface area contributed by atoms with Gasteiger partial charge in [0.05, 0.1) is 16.7 Å². The van der Waals surface area contributed by atoms with Crippen LogP contribution in [0.4, 0.5) is 0 Å². The number of carbonyl (C=O) groups is 1. The van der Waals surface area contributed by atoms with E-state index in [2.05, 4.69) is 38.4 Å². The van der Waals surface area contributed by atoms with Crippen molar-refractivity contribution in [1.29, 1.82) is 0 Å². The average Bonchev–Trinajstić information content (AvgIpc) is 2.80. The molecule has 1 N–H and O–H groups in total. The summed E-state index contributed by atoms with van der Waals surface area (Å²) < 4.78 is 1.05. The molecular formula is C15H15BrN2OS. The lowest BCUT2D eigenvalue weighted by molar-refractivity contribution is 0.0826. The third kappa shape index (κ3) is 2.40. The topological polar surface area (TPSA) is 42.0 Å². The van der Waals surface area contributed by atoms with Crippen LogP contribution in [-0.4, -0.2) is 10.9 Å². The molecule has 1 aliphatic rings. The van der Waals surface area contributed by atoms with E-state index >= 15 is 0 Å². The summed E-state index contributed by atoms with van der Waals surface area (Å²) in [4.78, 5) is 17.3. The van der Waals surface area contributed by atoms with Gasteiger partial charge >= 0.3 is 0 Å². The number of carbonyl (C=O) groups excluding carboxylic acids is 1. The molecule has 0 bridgehead atoms. The van der Waals surface area contributed by atoms with Crippen molar-refractivity contribution < 1.29 is 4.79 Å². The van der Waals surface area contributed by atoms with Gasteiger partial charge in [-0.25, -0.2) is 4.98 Å². The van der Waals surface area contributed by atoms with Crippen molar-refractivity contribution in [2.75, 3.05) is 0 Å². The molecule has 5 heteroatoms. The van der Waals surface area contributed by atoms with Crippen molar-refractivity contribution in [2.45, 2.75) is 31.7 Å². The molecule has 0 atom stereocenters. The molecular weight excluding hydrogens is 336 g/mol. The van der Waals surface area contributed by atoms with Gasteiger partial charge in [-0.3, -0.25) is 4.79 Å². The molecule has 1 aromatic carbocycles. The third-order valence-corrected chi connectivity index (χ3v) is 5.31. The summed E-state index contributed by atoms with van der Waals surface area (Å²) in [6.45, 7) is 1.87. The third-order valence-electron chi connectivity index (χ3n) is 3.89. The van der Waals surface area contributed by atoms with Crippen LogP contribution in [-0.2, 0) is 5.54 Å². The number of benzene rings is 1. The number of nitrogens with zero attached hydrogens (tertiary/aromatic N) is 1. The molecule has 1 aliphatic carbocycles. The summed E-state index contributed by atoms with van der Waals surface area (Å²) >= 11 is 4.90. The minimum Gasteiger partial charge on any atom is -0.342 e. The Morgan fingerprint density at radius 2 is 2.25 bits per heavy atom. The van der Waals surface area contributed by atoms with E-state index in [-0.39, 0.29) is 11.4 Å². The van der Waals surface area contributed by atoms with Gasteiger partial charge in [0, 0.05) is 4.47 Å². The van der Waals surface area contributed by atoms with E-state index in [0.717, 1.165) is 29.4 Å². The van der Waals surface area contributed by atoms with Crippen molar-refractivity contribution in [3.05, 3.63) is 50.4 Å². The number of thiazole rings is 1. The molecule has 2 aromatic rings. The highest BCUT2D eigenvalue weighted by atomic mass is 79.9. The quantitative estimate of drug-likeness (QED) is 0.907. The normalized spacial score (nSPS) is 16.5.